The fraction of sp³-hybridized carbons (Fsp3) is 0.250. The van der Waals surface area contributed by atoms with Crippen LogP contribution in [0.4, 0.5) is 18.9 Å². The standard InChI is InChI=1S/C16H14F3NO4S/c17-16(18,19)13-7-4-8-14(15(13)24-10-11-9-23-11)20-25(21,22)12-5-2-1-3-6-12/h1-8,11,20H,9-10H2. The molecule has 1 saturated heterocycles. The molecule has 25 heavy (non-hydrogen) atoms. The first kappa shape index (κ1) is 17.6. The van der Waals surface area contributed by atoms with Gasteiger partial charge in [0.05, 0.1) is 22.8 Å². The van der Waals surface area contributed by atoms with Crippen molar-refractivity contribution in [2.75, 3.05) is 17.9 Å². The lowest BCUT2D eigenvalue weighted by Crippen LogP contribution is -2.17. The van der Waals surface area contributed by atoms with E-state index in [2.05, 4.69) is 4.72 Å². The van der Waals surface area contributed by atoms with E-state index in [9.17, 15) is 21.6 Å². The van der Waals surface area contributed by atoms with Crippen molar-refractivity contribution in [3.63, 3.8) is 0 Å². The van der Waals surface area contributed by atoms with Crippen LogP contribution in [0.15, 0.2) is 53.4 Å². The normalized spacial score (nSPS) is 17.2. The summed E-state index contributed by atoms with van der Waals surface area (Å²) in [5, 5.41) is 0. The van der Waals surface area contributed by atoms with Crippen LogP contribution in [0.2, 0.25) is 0 Å². The number of para-hydroxylation sites is 1. The van der Waals surface area contributed by atoms with Crippen molar-refractivity contribution in [3.05, 3.63) is 54.1 Å². The van der Waals surface area contributed by atoms with E-state index in [1.165, 1.54) is 30.3 Å². The molecular weight excluding hydrogens is 359 g/mol. The predicted octanol–water partition coefficient (Wildman–Crippen LogP) is 3.28. The fourth-order valence-electron chi connectivity index (χ4n) is 2.14. The average Bonchev–Trinajstić information content (AvgIpc) is 3.37. The van der Waals surface area contributed by atoms with E-state index in [1.54, 1.807) is 6.07 Å². The van der Waals surface area contributed by atoms with Gasteiger partial charge in [0.15, 0.2) is 5.75 Å². The van der Waals surface area contributed by atoms with E-state index < -0.39 is 27.5 Å². The number of halogens is 3. The Morgan fingerprint density at radius 3 is 2.40 bits per heavy atom. The van der Waals surface area contributed by atoms with E-state index in [1.807, 2.05) is 0 Å². The van der Waals surface area contributed by atoms with Gasteiger partial charge >= 0.3 is 6.18 Å². The van der Waals surface area contributed by atoms with Gasteiger partial charge in [-0.1, -0.05) is 24.3 Å². The van der Waals surface area contributed by atoms with E-state index in [4.69, 9.17) is 9.47 Å². The number of ether oxygens (including phenoxy) is 2. The first-order valence-corrected chi connectivity index (χ1v) is 8.78. The van der Waals surface area contributed by atoms with Crippen molar-refractivity contribution in [1.29, 1.82) is 0 Å². The van der Waals surface area contributed by atoms with E-state index in [-0.39, 0.29) is 23.3 Å². The third-order valence-electron chi connectivity index (χ3n) is 3.43. The molecule has 0 spiro atoms. The van der Waals surface area contributed by atoms with Gasteiger partial charge in [0.1, 0.15) is 12.7 Å². The maximum atomic E-state index is 13.2. The van der Waals surface area contributed by atoms with Crippen molar-refractivity contribution < 1.29 is 31.1 Å². The van der Waals surface area contributed by atoms with Crippen LogP contribution in [-0.2, 0) is 20.9 Å². The van der Waals surface area contributed by atoms with Crippen LogP contribution in [0.3, 0.4) is 0 Å². The molecule has 0 saturated carbocycles. The second-order valence-electron chi connectivity index (χ2n) is 5.36. The molecule has 0 bridgehead atoms. The molecule has 0 radical (unpaired) electrons. The highest BCUT2D eigenvalue weighted by atomic mass is 32.2. The summed E-state index contributed by atoms with van der Waals surface area (Å²) in [5.41, 5.74) is -1.33. The Kier molecular flexibility index (Phi) is 4.61. The Morgan fingerprint density at radius 1 is 1.12 bits per heavy atom. The Labute approximate surface area is 142 Å². The second kappa shape index (κ2) is 6.57. The Bertz CT molecular complexity index is 849. The topological polar surface area (TPSA) is 67.9 Å². The fourth-order valence-corrected chi connectivity index (χ4v) is 3.22. The van der Waals surface area contributed by atoms with Gasteiger partial charge in [0.25, 0.3) is 10.0 Å². The second-order valence-corrected chi connectivity index (χ2v) is 7.05. The Hall–Kier alpha value is -2.26. The van der Waals surface area contributed by atoms with E-state index >= 15 is 0 Å². The lowest BCUT2D eigenvalue weighted by atomic mass is 10.1. The summed E-state index contributed by atoms with van der Waals surface area (Å²) in [4.78, 5) is -0.0658. The number of hydrogen-bond acceptors (Lipinski definition) is 4. The van der Waals surface area contributed by atoms with Crippen molar-refractivity contribution in [3.8, 4) is 5.75 Å². The van der Waals surface area contributed by atoms with Crippen molar-refractivity contribution in [2.45, 2.75) is 17.2 Å². The Morgan fingerprint density at radius 2 is 1.80 bits per heavy atom. The maximum absolute atomic E-state index is 13.2. The van der Waals surface area contributed by atoms with Crippen LogP contribution < -0.4 is 9.46 Å². The highest BCUT2D eigenvalue weighted by Gasteiger charge is 2.37. The summed E-state index contributed by atoms with van der Waals surface area (Å²) < 4.78 is 76.8. The summed E-state index contributed by atoms with van der Waals surface area (Å²) in [7, 11) is -4.05. The maximum Gasteiger partial charge on any atom is 0.420 e. The molecule has 1 unspecified atom stereocenters. The highest BCUT2D eigenvalue weighted by molar-refractivity contribution is 7.92. The van der Waals surface area contributed by atoms with Crippen molar-refractivity contribution in [1.82, 2.24) is 0 Å². The van der Waals surface area contributed by atoms with Crippen LogP contribution in [0.1, 0.15) is 5.56 Å². The summed E-state index contributed by atoms with van der Waals surface area (Å²) >= 11 is 0. The van der Waals surface area contributed by atoms with E-state index in [0.717, 1.165) is 12.1 Å². The molecule has 1 atom stereocenters. The summed E-state index contributed by atoms with van der Waals surface area (Å²) in [6.07, 6.45) is -4.96. The monoisotopic (exact) mass is 373 g/mol. The molecule has 1 aliphatic heterocycles. The van der Waals surface area contributed by atoms with Crippen LogP contribution in [0.25, 0.3) is 0 Å². The Balaban J connectivity index is 1.97. The largest absolute Gasteiger partial charge is 0.488 e. The molecule has 1 aliphatic rings. The van der Waals surface area contributed by atoms with Crippen LogP contribution in [0.5, 0.6) is 5.75 Å². The molecule has 0 amide bonds. The number of rotatable bonds is 6. The molecular formula is C16H14F3NO4S. The smallest absolute Gasteiger partial charge is 0.420 e. The van der Waals surface area contributed by atoms with Gasteiger partial charge in [0, 0.05) is 0 Å². The summed E-state index contributed by atoms with van der Waals surface area (Å²) in [6, 6.07) is 10.5. The number of hydrogen-bond donors (Lipinski definition) is 1. The lowest BCUT2D eigenvalue weighted by molar-refractivity contribution is -0.138. The zero-order valence-electron chi connectivity index (χ0n) is 12.8. The lowest BCUT2D eigenvalue weighted by Gasteiger charge is -2.18. The summed E-state index contributed by atoms with van der Waals surface area (Å²) in [6.45, 7) is 0.312. The van der Waals surface area contributed by atoms with Gasteiger partial charge in [-0.05, 0) is 24.3 Å². The van der Waals surface area contributed by atoms with E-state index in [0.29, 0.717) is 6.61 Å². The van der Waals surface area contributed by atoms with Gasteiger partial charge < -0.3 is 9.47 Å². The third kappa shape index (κ3) is 4.23. The molecule has 0 aromatic heterocycles. The zero-order valence-corrected chi connectivity index (χ0v) is 13.6. The molecule has 1 heterocycles. The molecule has 5 nitrogen and oxygen atoms in total. The number of benzene rings is 2. The molecule has 0 aliphatic carbocycles. The molecule has 3 rings (SSSR count). The minimum atomic E-state index is -4.69. The molecule has 2 aromatic rings. The average molecular weight is 373 g/mol. The molecule has 1 fully saturated rings. The van der Waals surface area contributed by atoms with Crippen LogP contribution in [-0.4, -0.2) is 27.7 Å². The number of anilines is 1. The molecule has 134 valence electrons. The number of alkyl halides is 3. The zero-order chi connectivity index (χ0) is 18.1. The first-order chi connectivity index (χ1) is 11.8. The molecule has 1 N–H and O–H groups in total. The molecule has 2 aromatic carbocycles. The highest BCUT2D eigenvalue weighted by Crippen LogP contribution is 2.41. The minimum Gasteiger partial charge on any atom is -0.488 e. The van der Waals surface area contributed by atoms with Gasteiger partial charge in [-0.15, -0.1) is 0 Å². The molecule has 9 heteroatoms. The summed E-state index contributed by atoms with van der Waals surface area (Å²) in [5.74, 6) is -0.565. The van der Waals surface area contributed by atoms with Gasteiger partial charge in [-0.3, -0.25) is 4.72 Å². The predicted molar refractivity (Wildman–Crippen MR) is 83.9 cm³/mol. The van der Waals surface area contributed by atoms with Crippen LogP contribution >= 0.6 is 0 Å². The number of epoxide rings is 1. The van der Waals surface area contributed by atoms with Gasteiger partial charge in [-0.2, -0.15) is 13.2 Å². The van der Waals surface area contributed by atoms with Crippen molar-refractivity contribution >= 4 is 15.7 Å². The van der Waals surface area contributed by atoms with Crippen LogP contribution in [0, 0.1) is 0 Å². The third-order valence-corrected chi connectivity index (χ3v) is 4.82. The number of sulfonamides is 1. The minimum absolute atomic E-state index is 0.0658. The SMILES string of the molecule is O=S(=O)(Nc1cccc(C(F)(F)F)c1OCC1CO1)c1ccccc1. The number of nitrogens with one attached hydrogen (secondary N) is 1. The quantitative estimate of drug-likeness (QED) is 0.789. The van der Waals surface area contributed by atoms with Gasteiger partial charge in [0.2, 0.25) is 0 Å². The van der Waals surface area contributed by atoms with Crippen molar-refractivity contribution in [2.24, 2.45) is 0 Å². The van der Waals surface area contributed by atoms with Gasteiger partial charge in [-0.25, -0.2) is 8.42 Å². The first-order valence-electron chi connectivity index (χ1n) is 7.30.